The van der Waals surface area contributed by atoms with Gasteiger partial charge in [0, 0.05) is 40.1 Å². The summed E-state index contributed by atoms with van der Waals surface area (Å²) in [5, 5.41) is 15.6. The molecule has 0 amide bonds. The second-order valence-electron chi connectivity index (χ2n) is 8.69. The lowest BCUT2D eigenvalue weighted by Crippen LogP contribution is -2.36. The molecule has 0 radical (unpaired) electrons. The molecule has 2 N–H and O–H groups in total. The Bertz CT molecular complexity index is 1290. The molecule has 3 aromatic rings. The zero-order valence-corrected chi connectivity index (χ0v) is 19.6. The minimum absolute atomic E-state index is 0.0151. The van der Waals surface area contributed by atoms with Crippen LogP contribution in [0.2, 0.25) is 0 Å². The van der Waals surface area contributed by atoms with Crippen LogP contribution in [0, 0.1) is 0 Å². The molecule has 1 aromatic heterocycles. The Kier molecular flexibility index (Phi) is 6.07. The van der Waals surface area contributed by atoms with Crippen molar-refractivity contribution in [3.63, 3.8) is 0 Å². The number of ketones is 1. The Morgan fingerprint density at radius 1 is 1.09 bits per heavy atom. The summed E-state index contributed by atoms with van der Waals surface area (Å²) in [6.45, 7) is 1.99. The summed E-state index contributed by atoms with van der Waals surface area (Å²) in [6.07, 6.45) is 1.09. The van der Waals surface area contributed by atoms with Crippen LogP contribution in [0.4, 0.5) is 0 Å². The molecule has 5 nitrogen and oxygen atoms in total. The highest BCUT2D eigenvalue weighted by atomic mass is 32.1. The number of nitrogens with one attached hydrogen (secondary N) is 1. The highest BCUT2D eigenvalue weighted by Crippen LogP contribution is 2.46. The van der Waals surface area contributed by atoms with Crippen LogP contribution in [0.5, 0.6) is 5.75 Å². The Morgan fingerprint density at radius 2 is 1.91 bits per heavy atom. The number of dihydropyridines is 1. The summed E-state index contributed by atoms with van der Waals surface area (Å²) in [5.41, 5.74) is 4.10. The predicted octanol–water partition coefficient (Wildman–Crippen LogP) is 5.56. The van der Waals surface area contributed by atoms with Gasteiger partial charge >= 0.3 is 5.97 Å². The van der Waals surface area contributed by atoms with Crippen LogP contribution in [-0.2, 0) is 20.9 Å². The van der Waals surface area contributed by atoms with Crippen LogP contribution in [0.1, 0.15) is 47.6 Å². The SMILES string of the molecule is CC1=C(C(=O)OCc2ccccc2)[C@H](c2cccc(O)c2)C2=C(C[C@H](c3cccs3)CC2=O)N1. The summed E-state index contributed by atoms with van der Waals surface area (Å²) in [6, 6.07) is 20.4. The molecule has 2 atom stereocenters. The van der Waals surface area contributed by atoms with Crippen molar-refractivity contribution in [2.24, 2.45) is 0 Å². The molecule has 5 rings (SSSR count). The lowest BCUT2D eigenvalue weighted by atomic mass is 9.72. The molecular weight excluding hydrogens is 446 g/mol. The van der Waals surface area contributed by atoms with Gasteiger partial charge in [0.2, 0.25) is 0 Å². The molecule has 0 unspecified atom stereocenters. The lowest BCUT2D eigenvalue weighted by molar-refractivity contribution is -0.140. The van der Waals surface area contributed by atoms with Gasteiger partial charge in [-0.05, 0) is 48.1 Å². The minimum atomic E-state index is -0.594. The van der Waals surface area contributed by atoms with Crippen LogP contribution in [0.3, 0.4) is 0 Å². The molecule has 172 valence electrons. The molecule has 1 aliphatic heterocycles. The molecule has 2 heterocycles. The normalized spacial score (nSPS) is 20.1. The molecule has 0 saturated carbocycles. The fourth-order valence-electron chi connectivity index (χ4n) is 4.87. The Morgan fingerprint density at radius 3 is 2.65 bits per heavy atom. The van der Waals surface area contributed by atoms with E-state index < -0.39 is 11.9 Å². The van der Waals surface area contributed by atoms with Crippen molar-refractivity contribution in [2.45, 2.75) is 38.2 Å². The second kappa shape index (κ2) is 9.31. The maximum Gasteiger partial charge on any atom is 0.337 e. The van der Waals surface area contributed by atoms with E-state index in [1.807, 2.05) is 54.8 Å². The number of phenols is 1. The highest BCUT2D eigenvalue weighted by Gasteiger charge is 2.41. The van der Waals surface area contributed by atoms with E-state index in [0.29, 0.717) is 35.2 Å². The third-order valence-electron chi connectivity index (χ3n) is 6.41. The standard InChI is InChI=1S/C28H25NO4S/c1-17-25(28(32)33-16-18-7-3-2-4-8-18)26(19-9-5-10-21(30)13-19)27-22(29-17)14-20(15-23(27)31)24-11-6-12-34-24/h2-13,20,26,29-30H,14-16H2,1H3/t20-,26-/m0/s1. The average Bonchev–Trinajstić information content (AvgIpc) is 3.37. The molecule has 0 spiro atoms. The number of aromatic hydroxyl groups is 1. The topological polar surface area (TPSA) is 75.6 Å². The van der Waals surface area contributed by atoms with E-state index in [2.05, 4.69) is 11.4 Å². The van der Waals surface area contributed by atoms with Gasteiger partial charge < -0.3 is 15.2 Å². The van der Waals surface area contributed by atoms with E-state index >= 15 is 0 Å². The molecule has 0 saturated heterocycles. The van der Waals surface area contributed by atoms with Gasteiger partial charge in [0.15, 0.2) is 5.78 Å². The molecule has 2 aliphatic rings. The van der Waals surface area contributed by atoms with E-state index in [0.717, 1.165) is 11.3 Å². The van der Waals surface area contributed by atoms with Gasteiger partial charge in [-0.1, -0.05) is 48.5 Å². The summed E-state index contributed by atoms with van der Waals surface area (Å²) in [5.74, 6) is -0.845. The smallest absolute Gasteiger partial charge is 0.337 e. The third kappa shape index (κ3) is 4.29. The second-order valence-corrected chi connectivity index (χ2v) is 9.67. The van der Waals surface area contributed by atoms with E-state index in [1.165, 1.54) is 4.88 Å². The summed E-state index contributed by atoms with van der Waals surface area (Å²) in [4.78, 5) is 28.1. The number of thiophene rings is 1. The van der Waals surface area contributed by atoms with Gasteiger partial charge in [-0.3, -0.25) is 4.79 Å². The number of allylic oxidation sites excluding steroid dienone is 3. The number of hydrogen-bond donors (Lipinski definition) is 2. The number of esters is 1. The number of carbonyl (C=O) groups is 2. The molecule has 2 aromatic carbocycles. The fraction of sp³-hybridized carbons (Fsp3) is 0.214. The zero-order valence-electron chi connectivity index (χ0n) is 18.8. The quantitative estimate of drug-likeness (QED) is 0.477. The first-order valence-electron chi connectivity index (χ1n) is 11.3. The van der Waals surface area contributed by atoms with E-state index in [-0.39, 0.29) is 24.1 Å². The Hall–Kier alpha value is -3.64. The number of carbonyl (C=O) groups excluding carboxylic acids is 2. The number of benzene rings is 2. The number of ether oxygens (including phenoxy) is 1. The number of Topliss-reactive ketones (excluding diaryl/α,β-unsaturated/α-hetero) is 1. The van der Waals surface area contributed by atoms with Gasteiger partial charge in [-0.15, -0.1) is 11.3 Å². The summed E-state index contributed by atoms with van der Waals surface area (Å²) in [7, 11) is 0. The molecule has 0 fully saturated rings. The minimum Gasteiger partial charge on any atom is -0.508 e. The third-order valence-corrected chi connectivity index (χ3v) is 7.44. The van der Waals surface area contributed by atoms with Crippen molar-refractivity contribution in [3.05, 3.63) is 111 Å². The first kappa shape index (κ1) is 22.2. The van der Waals surface area contributed by atoms with Crippen molar-refractivity contribution in [3.8, 4) is 5.75 Å². The van der Waals surface area contributed by atoms with Gasteiger partial charge in [0.25, 0.3) is 0 Å². The lowest BCUT2D eigenvalue weighted by Gasteiger charge is -2.36. The van der Waals surface area contributed by atoms with Crippen LogP contribution >= 0.6 is 11.3 Å². The molecular formula is C28H25NO4S. The molecule has 1 aliphatic carbocycles. The Labute approximate surface area is 202 Å². The van der Waals surface area contributed by atoms with Crippen LogP contribution < -0.4 is 5.32 Å². The molecule has 6 heteroatoms. The van der Waals surface area contributed by atoms with Crippen molar-refractivity contribution < 1.29 is 19.4 Å². The van der Waals surface area contributed by atoms with Gasteiger partial charge in [-0.25, -0.2) is 4.79 Å². The van der Waals surface area contributed by atoms with Gasteiger partial charge in [-0.2, -0.15) is 0 Å². The monoisotopic (exact) mass is 471 g/mol. The molecule has 34 heavy (non-hydrogen) atoms. The van der Waals surface area contributed by atoms with Crippen LogP contribution in [0.15, 0.2) is 94.7 Å². The number of hydrogen-bond acceptors (Lipinski definition) is 6. The van der Waals surface area contributed by atoms with Gasteiger partial charge in [0.05, 0.1) is 5.57 Å². The summed E-state index contributed by atoms with van der Waals surface area (Å²) >= 11 is 1.66. The maximum atomic E-state index is 13.5. The van der Waals surface area contributed by atoms with Crippen molar-refractivity contribution in [2.75, 3.05) is 0 Å². The van der Waals surface area contributed by atoms with Crippen molar-refractivity contribution in [1.82, 2.24) is 5.32 Å². The van der Waals surface area contributed by atoms with Gasteiger partial charge in [0.1, 0.15) is 12.4 Å². The first-order valence-corrected chi connectivity index (χ1v) is 12.2. The summed E-state index contributed by atoms with van der Waals surface area (Å²) < 4.78 is 5.68. The predicted molar refractivity (Wildman–Crippen MR) is 131 cm³/mol. The Balaban J connectivity index is 1.52. The number of phenolic OH excluding ortho intramolecular Hbond substituents is 1. The average molecular weight is 472 g/mol. The fourth-order valence-corrected chi connectivity index (χ4v) is 5.70. The molecule has 0 bridgehead atoms. The van der Waals surface area contributed by atoms with Crippen LogP contribution in [0.25, 0.3) is 0 Å². The van der Waals surface area contributed by atoms with Crippen LogP contribution in [-0.4, -0.2) is 16.9 Å². The largest absolute Gasteiger partial charge is 0.508 e. The maximum absolute atomic E-state index is 13.5. The van der Waals surface area contributed by atoms with Crippen molar-refractivity contribution in [1.29, 1.82) is 0 Å². The van der Waals surface area contributed by atoms with E-state index in [9.17, 15) is 14.7 Å². The highest BCUT2D eigenvalue weighted by molar-refractivity contribution is 7.10. The first-order chi connectivity index (χ1) is 16.5. The van der Waals surface area contributed by atoms with E-state index in [4.69, 9.17) is 4.74 Å². The van der Waals surface area contributed by atoms with E-state index in [1.54, 1.807) is 29.5 Å². The van der Waals surface area contributed by atoms with Crippen molar-refractivity contribution >= 4 is 23.1 Å². The number of rotatable bonds is 5. The zero-order chi connectivity index (χ0) is 23.7.